The first kappa shape index (κ1) is 27.8. The van der Waals surface area contributed by atoms with Crippen molar-refractivity contribution in [2.45, 2.75) is 83.0 Å². The van der Waals surface area contributed by atoms with E-state index in [1.165, 1.54) is 30.6 Å². The van der Waals surface area contributed by atoms with Crippen molar-refractivity contribution >= 4 is 35.0 Å². The molecule has 2 fully saturated rings. The quantitative estimate of drug-likeness (QED) is 0.345. The van der Waals surface area contributed by atoms with Crippen LogP contribution in [0.1, 0.15) is 70.7 Å². The zero-order valence-electron chi connectivity index (χ0n) is 22.7. The van der Waals surface area contributed by atoms with Gasteiger partial charge in [-0.05, 0) is 51.8 Å². The summed E-state index contributed by atoms with van der Waals surface area (Å²) < 4.78 is 5.53. The normalized spacial score (nSPS) is 18.1. The summed E-state index contributed by atoms with van der Waals surface area (Å²) >= 11 is 7.78. The number of benzene rings is 1. The molecule has 0 spiro atoms. The highest BCUT2D eigenvalue weighted by atomic mass is 35.5. The van der Waals surface area contributed by atoms with Crippen LogP contribution in [0.3, 0.4) is 0 Å². The molecule has 2 aliphatic rings. The summed E-state index contributed by atoms with van der Waals surface area (Å²) in [5.41, 5.74) is 0.600. The molecular formula is C29H36ClN5O3S. The van der Waals surface area contributed by atoms with E-state index < -0.39 is 11.2 Å². The molecule has 1 amide bonds. The molecule has 1 aromatic carbocycles. The van der Waals surface area contributed by atoms with Crippen molar-refractivity contribution in [1.82, 2.24) is 19.9 Å². The van der Waals surface area contributed by atoms with Crippen LogP contribution >= 0.6 is 22.9 Å². The molecule has 8 nitrogen and oxygen atoms in total. The summed E-state index contributed by atoms with van der Waals surface area (Å²) in [6.07, 6.45) is 8.12. The van der Waals surface area contributed by atoms with Crippen LogP contribution in [-0.4, -0.2) is 55.8 Å². The van der Waals surface area contributed by atoms with E-state index in [1.54, 1.807) is 11.1 Å². The number of hydrogen-bond acceptors (Lipinski definition) is 8. The molecule has 2 N–H and O–H groups in total. The van der Waals surface area contributed by atoms with Crippen LogP contribution < -0.4 is 5.32 Å². The zero-order valence-corrected chi connectivity index (χ0v) is 24.3. The van der Waals surface area contributed by atoms with E-state index in [4.69, 9.17) is 26.3 Å². The Morgan fingerprint density at radius 1 is 1.15 bits per heavy atom. The highest BCUT2D eigenvalue weighted by Gasteiger charge is 2.40. The highest BCUT2D eigenvalue weighted by molar-refractivity contribution is 7.15. The van der Waals surface area contributed by atoms with E-state index in [0.717, 1.165) is 34.7 Å². The predicted octanol–water partition coefficient (Wildman–Crippen LogP) is 6.88. The topological polar surface area (TPSA) is 100 Å². The number of nitrogens with zero attached hydrogens (tertiary/aromatic N) is 4. The Morgan fingerprint density at radius 3 is 2.59 bits per heavy atom. The predicted molar refractivity (Wildman–Crippen MR) is 155 cm³/mol. The van der Waals surface area contributed by atoms with E-state index in [2.05, 4.69) is 10.3 Å². The van der Waals surface area contributed by atoms with Crippen molar-refractivity contribution in [2.75, 3.05) is 18.4 Å². The van der Waals surface area contributed by atoms with Crippen molar-refractivity contribution in [3.8, 4) is 21.8 Å². The first-order valence-electron chi connectivity index (χ1n) is 13.7. The molecule has 3 aromatic rings. The molecular weight excluding hydrogens is 534 g/mol. The number of piperidine rings is 1. The van der Waals surface area contributed by atoms with Gasteiger partial charge in [-0.1, -0.05) is 43.0 Å². The lowest BCUT2D eigenvalue weighted by molar-refractivity contribution is -0.0356. The van der Waals surface area contributed by atoms with Gasteiger partial charge >= 0.3 is 6.09 Å². The van der Waals surface area contributed by atoms with E-state index >= 15 is 0 Å². The maximum absolute atomic E-state index is 12.6. The number of carbonyl (C=O) groups is 1. The van der Waals surface area contributed by atoms with Gasteiger partial charge in [-0.3, -0.25) is 0 Å². The second-order valence-corrected chi connectivity index (χ2v) is 12.9. The Bertz CT molecular complexity index is 1310. The molecule has 3 heterocycles. The van der Waals surface area contributed by atoms with Gasteiger partial charge in [0.15, 0.2) is 0 Å². The minimum absolute atomic E-state index is 0.358. The van der Waals surface area contributed by atoms with Crippen molar-refractivity contribution in [2.24, 2.45) is 0 Å². The minimum atomic E-state index is -1.16. The van der Waals surface area contributed by atoms with E-state index in [9.17, 15) is 9.90 Å². The summed E-state index contributed by atoms with van der Waals surface area (Å²) in [5.74, 6) is 0.607. The fourth-order valence-corrected chi connectivity index (χ4v) is 6.50. The van der Waals surface area contributed by atoms with Gasteiger partial charge in [0.1, 0.15) is 16.2 Å². The molecule has 0 atom stereocenters. The molecule has 5 rings (SSSR count). The Hall–Kier alpha value is -2.75. The van der Waals surface area contributed by atoms with Crippen LogP contribution in [0.2, 0.25) is 5.02 Å². The Morgan fingerprint density at radius 2 is 1.90 bits per heavy atom. The number of hydrogen-bond donors (Lipinski definition) is 2. The van der Waals surface area contributed by atoms with Gasteiger partial charge in [0.05, 0.1) is 16.3 Å². The van der Waals surface area contributed by atoms with Gasteiger partial charge in [-0.25, -0.2) is 19.7 Å². The second kappa shape index (κ2) is 11.4. The molecule has 0 radical (unpaired) electrons. The third-order valence-electron chi connectivity index (χ3n) is 7.19. The number of carbonyl (C=O) groups excluding carboxylic acids is 1. The summed E-state index contributed by atoms with van der Waals surface area (Å²) in [5, 5.41) is 16.5. The standard InChI is InChI=1S/C29H36ClN5O3S/c1-28(2,3)38-27(36)35-16-13-29(37,14-17-35)25-34-23(19-8-7-9-20(30)18-19)24(39-25)22-12-15-31-26(33-22)32-21-10-5-4-6-11-21/h7-9,12,15,18,21,37H,4-6,10-11,13-14,16-17H2,1-3H3,(H,31,32,33). The number of ether oxygens (including phenoxy) is 1. The lowest BCUT2D eigenvalue weighted by atomic mass is 9.92. The van der Waals surface area contributed by atoms with E-state index in [0.29, 0.717) is 48.0 Å². The molecule has 1 saturated carbocycles. The number of anilines is 1. The second-order valence-electron chi connectivity index (χ2n) is 11.5. The van der Waals surface area contributed by atoms with Crippen LogP contribution in [0, 0.1) is 0 Å². The van der Waals surface area contributed by atoms with Crippen LogP contribution in [0.4, 0.5) is 10.7 Å². The van der Waals surface area contributed by atoms with Gasteiger partial charge in [-0.2, -0.15) is 0 Å². The van der Waals surface area contributed by atoms with Crippen molar-refractivity contribution in [1.29, 1.82) is 0 Å². The van der Waals surface area contributed by atoms with Gasteiger partial charge in [0.2, 0.25) is 5.95 Å². The molecule has 2 aromatic heterocycles. The molecule has 1 aliphatic heterocycles. The third kappa shape index (κ3) is 6.70. The fraction of sp³-hybridized carbons (Fsp3) is 0.517. The van der Waals surface area contributed by atoms with E-state index in [1.807, 2.05) is 51.1 Å². The first-order chi connectivity index (χ1) is 18.6. The maximum atomic E-state index is 12.6. The molecule has 208 valence electrons. The first-order valence-corrected chi connectivity index (χ1v) is 14.9. The largest absolute Gasteiger partial charge is 0.444 e. The lowest BCUT2D eigenvalue weighted by Gasteiger charge is -2.37. The molecule has 1 saturated heterocycles. The molecule has 39 heavy (non-hydrogen) atoms. The molecule has 1 aliphatic carbocycles. The number of nitrogens with one attached hydrogen (secondary N) is 1. The number of aromatic nitrogens is 3. The van der Waals surface area contributed by atoms with Crippen molar-refractivity contribution in [3.63, 3.8) is 0 Å². The summed E-state index contributed by atoms with van der Waals surface area (Å²) in [6, 6.07) is 9.83. The Balaban J connectivity index is 1.44. The number of aliphatic hydroxyl groups is 1. The molecule has 10 heteroatoms. The summed E-state index contributed by atoms with van der Waals surface area (Å²) in [7, 11) is 0. The fourth-order valence-electron chi connectivity index (χ4n) is 5.11. The van der Waals surface area contributed by atoms with E-state index in [-0.39, 0.29) is 6.09 Å². The summed E-state index contributed by atoms with van der Waals surface area (Å²) in [4.78, 5) is 29.4. The smallest absolute Gasteiger partial charge is 0.410 e. The summed E-state index contributed by atoms with van der Waals surface area (Å²) in [6.45, 7) is 6.32. The number of amides is 1. The Labute approximate surface area is 238 Å². The zero-order chi connectivity index (χ0) is 27.6. The number of likely N-dealkylation sites (tertiary alicyclic amines) is 1. The van der Waals surface area contributed by atoms with Gasteiger partial charge < -0.3 is 20.1 Å². The van der Waals surface area contributed by atoms with Crippen LogP contribution in [-0.2, 0) is 10.3 Å². The van der Waals surface area contributed by atoms with Crippen molar-refractivity contribution < 1.29 is 14.6 Å². The number of thiazole rings is 1. The van der Waals surface area contributed by atoms with Crippen molar-refractivity contribution in [3.05, 3.63) is 46.6 Å². The highest BCUT2D eigenvalue weighted by Crippen LogP contribution is 2.43. The maximum Gasteiger partial charge on any atom is 0.410 e. The van der Waals surface area contributed by atoms with Crippen LogP contribution in [0.15, 0.2) is 36.5 Å². The monoisotopic (exact) mass is 569 g/mol. The van der Waals surface area contributed by atoms with Gasteiger partial charge in [0.25, 0.3) is 0 Å². The Kier molecular flexibility index (Phi) is 8.12. The average Bonchev–Trinajstić information content (AvgIpc) is 3.36. The third-order valence-corrected chi connectivity index (χ3v) is 8.70. The molecule has 0 unspecified atom stereocenters. The molecule has 0 bridgehead atoms. The van der Waals surface area contributed by atoms with Gasteiger partial charge in [0, 0.05) is 48.8 Å². The number of halogens is 1. The minimum Gasteiger partial charge on any atom is -0.444 e. The van der Waals surface area contributed by atoms with Gasteiger partial charge in [-0.15, -0.1) is 11.3 Å². The van der Waals surface area contributed by atoms with Crippen LogP contribution in [0.5, 0.6) is 0 Å². The van der Waals surface area contributed by atoms with Crippen LogP contribution in [0.25, 0.3) is 21.8 Å². The lowest BCUT2D eigenvalue weighted by Crippen LogP contribution is -2.46. The average molecular weight is 570 g/mol. The number of rotatable bonds is 5. The SMILES string of the molecule is CC(C)(C)OC(=O)N1CCC(O)(c2nc(-c3cccc(Cl)c3)c(-c3ccnc(NC4CCCCC4)n3)s2)CC1.